The molecule has 0 aliphatic rings. The largest absolute Gasteiger partial charge is 0.405 e. The molecule has 12 heteroatoms. The van der Waals surface area contributed by atoms with Crippen LogP contribution >= 0.6 is 0 Å². The monoisotopic (exact) mass is 491 g/mol. The number of aromatic amines is 1. The lowest BCUT2D eigenvalue weighted by Crippen LogP contribution is -2.56. The number of amides is 3. The number of anilines is 1. The Labute approximate surface area is 200 Å². The molecule has 0 radical (unpaired) electrons. The van der Waals surface area contributed by atoms with Crippen LogP contribution in [0.25, 0.3) is 22.2 Å². The number of carbonyl (C=O) groups excluding carboxylic acids is 2. The highest BCUT2D eigenvalue weighted by atomic mass is 19.4. The minimum absolute atomic E-state index is 0.264. The summed E-state index contributed by atoms with van der Waals surface area (Å²) in [5.41, 5.74) is 7.17. The molecule has 0 saturated heterocycles. The van der Waals surface area contributed by atoms with Crippen molar-refractivity contribution in [3.8, 4) is 11.1 Å². The highest BCUT2D eigenvalue weighted by Gasteiger charge is 2.41. The maximum absolute atomic E-state index is 12.8. The number of nitrogens with zero attached hydrogens (tertiary/aromatic N) is 2. The van der Waals surface area contributed by atoms with Gasteiger partial charge in [0.25, 0.3) is 0 Å². The number of nitrogens with one attached hydrogen (secondary N) is 4. The molecule has 188 valence electrons. The van der Waals surface area contributed by atoms with E-state index < -0.39 is 30.1 Å². The zero-order chi connectivity index (χ0) is 25.8. The molecule has 35 heavy (non-hydrogen) atoms. The Balaban J connectivity index is 1.96. The van der Waals surface area contributed by atoms with Crippen molar-refractivity contribution in [3.05, 3.63) is 42.5 Å². The normalized spacial score (nSPS) is 13.5. The van der Waals surface area contributed by atoms with Gasteiger partial charge in [0.05, 0.1) is 11.9 Å². The Kier molecular flexibility index (Phi) is 7.64. The molecule has 6 N–H and O–H groups in total. The first kappa shape index (κ1) is 25.9. The average Bonchev–Trinajstić information content (AvgIpc) is 3.23. The number of rotatable bonds is 8. The van der Waals surface area contributed by atoms with Crippen molar-refractivity contribution in [1.82, 2.24) is 25.6 Å². The zero-order valence-corrected chi connectivity index (χ0v) is 19.6. The number of aromatic nitrogens is 3. The summed E-state index contributed by atoms with van der Waals surface area (Å²) in [6, 6.07) is 3.00. The predicted molar refractivity (Wildman–Crippen MR) is 126 cm³/mol. The maximum Gasteiger partial charge on any atom is 0.405 e. The molecule has 1 unspecified atom stereocenters. The molecule has 3 aromatic heterocycles. The fourth-order valence-corrected chi connectivity index (χ4v) is 3.59. The molecule has 3 aromatic rings. The third-order valence-electron chi connectivity index (χ3n) is 5.59. The molecule has 0 spiro atoms. The molecule has 0 bridgehead atoms. The van der Waals surface area contributed by atoms with Gasteiger partial charge in [-0.1, -0.05) is 20.8 Å². The predicted octanol–water partition coefficient (Wildman–Crippen LogP) is 3.64. The van der Waals surface area contributed by atoms with E-state index in [1.165, 1.54) is 12.4 Å². The first-order valence-corrected chi connectivity index (χ1v) is 11.1. The number of alkyl halides is 3. The van der Waals surface area contributed by atoms with Crippen LogP contribution in [0.4, 0.5) is 23.7 Å². The number of halogens is 3. The zero-order valence-electron chi connectivity index (χ0n) is 19.6. The molecule has 3 amide bonds. The number of hydrogen-bond donors (Lipinski definition) is 5. The van der Waals surface area contributed by atoms with Crippen molar-refractivity contribution in [2.24, 2.45) is 11.7 Å². The van der Waals surface area contributed by atoms with Crippen molar-refractivity contribution in [2.75, 3.05) is 18.4 Å². The fraction of sp³-hybridized carbons (Fsp3) is 0.391. The Hall–Kier alpha value is -3.67. The second kappa shape index (κ2) is 10.3. The second-order valence-corrected chi connectivity index (χ2v) is 8.49. The summed E-state index contributed by atoms with van der Waals surface area (Å²) < 4.78 is 38.0. The van der Waals surface area contributed by atoms with Crippen LogP contribution in [-0.4, -0.2) is 46.2 Å². The maximum atomic E-state index is 12.8. The first-order valence-electron chi connectivity index (χ1n) is 11.1. The molecule has 0 aliphatic carbocycles. The van der Waals surface area contributed by atoms with Crippen LogP contribution in [0.5, 0.6) is 0 Å². The van der Waals surface area contributed by atoms with Crippen LogP contribution in [-0.2, 0) is 10.3 Å². The third-order valence-corrected chi connectivity index (χ3v) is 5.59. The van der Waals surface area contributed by atoms with E-state index in [0.717, 1.165) is 6.42 Å². The lowest BCUT2D eigenvalue weighted by molar-refractivity contribution is -0.143. The van der Waals surface area contributed by atoms with E-state index in [2.05, 4.69) is 25.6 Å². The van der Waals surface area contributed by atoms with Crippen molar-refractivity contribution in [1.29, 1.82) is 0 Å². The summed E-state index contributed by atoms with van der Waals surface area (Å²) in [4.78, 5) is 36.3. The van der Waals surface area contributed by atoms with E-state index in [1.807, 2.05) is 12.2 Å². The van der Waals surface area contributed by atoms with Crippen LogP contribution in [0.2, 0.25) is 0 Å². The number of pyridine rings is 2. The van der Waals surface area contributed by atoms with Gasteiger partial charge in [-0.3, -0.25) is 9.78 Å². The van der Waals surface area contributed by atoms with Gasteiger partial charge in [0.1, 0.15) is 17.7 Å². The van der Waals surface area contributed by atoms with Crippen LogP contribution in [0.15, 0.2) is 36.9 Å². The topological polar surface area (TPSA) is 138 Å². The number of H-pyrrole nitrogens is 1. The van der Waals surface area contributed by atoms with Gasteiger partial charge < -0.3 is 26.7 Å². The summed E-state index contributed by atoms with van der Waals surface area (Å²) in [5.74, 6) is -1.48. The number of urea groups is 1. The fourth-order valence-electron chi connectivity index (χ4n) is 3.59. The summed E-state index contributed by atoms with van der Waals surface area (Å²) in [7, 11) is 0. The van der Waals surface area contributed by atoms with Gasteiger partial charge in [-0.2, -0.15) is 13.2 Å². The average molecular weight is 492 g/mol. The quantitative estimate of drug-likeness (QED) is 0.328. The molecular weight excluding hydrogens is 463 g/mol. The standard InChI is InChI=1S/C23H28F3N7O2/c1-4-5-29-21(35)33-16-7-17-18(11-31-19(17)30-10-16)14-6-15(9-28-8-14)23(27,13(2)3)20(34)32-12-22(24,25)26/h6-11,13H,4-5,12,27H2,1-3H3,(H,30,31)(H,32,34)(H2,29,33,35). The van der Waals surface area contributed by atoms with Crippen LogP contribution in [0.3, 0.4) is 0 Å². The number of nitrogens with two attached hydrogens (primary N) is 1. The Morgan fingerprint density at radius 1 is 1.14 bits per heavy atom. The molecule has 0 saturated carbocycles. The van der Waals surface area contributed by atoms with E-state index >= 15 is 0 Å². The van der Waals surface area contributed by atoms with Gasteiger partial charge in [-0.25, -0.2) is 9.78 Å². The molecular formula is C23H28F3N7O2. The highest BCUT2D eigenvalue weighted by molar-refractivity contribution is 5.98. The van der Waals surface area contributed by atoms with Crippen molar-refractivity contribution < 1.29 is 22.8 Å². The minimum atomic E-state index is -4.57. The van der Waals surface area contributed by atoms with Crippen LogP contribution < -0.4 is 21.7 Å². The van der Waals surface area contributed by atoms with Gasteiger partial charge in [-0.15, -0.1) is 0 Å². The van der Waals surface area contributed by atoms with E-state index in [4.69, 9.17) is 5.73 Å². The van der Waals surface area contributed by atoms with Gasteiger partial charge in [0, 0.05) is 47.2 Å². The lowest BCUT2D eigenvalue weighted by atomic mass is 9.80. The van der Waals surface area contributed by atoms with Crippen LogP contribution in [0.1, 0.15) is 32.8 Å². The van der Waals surface area contributed by atoms with Crippen LogP contribution in [0, 0.1) is 5.92 Å². The van der Waals surface area contributed by atoms with E-state index in [0.29, 0.717) is 34.4 Å². The summed E-state index contributed by atoms with van der Waals surface area (Å²) in [5, 5.41) is 8.00. The third kappa shape index (κ3) is 5.88. The van der Waals surface area contributed by atoms with Gasteiger partial charge in [0.15, 0.2) is 0 Å². The molecule has 3 rings (SSSR count). The van der Waals surface area contributed by atoms with E-state index in [9.17, 15) is 22.8 Å². The molecule has 0 aromatic carbocycles. The number of hydrogen-bond acceptors (Lipinski definition) is 5. The van der Waals surface area contributed by atoms with Crippen molar-refractivity contribution >= 4 is 28.7 Å². The Morgan fingerprint density at radius 2 is 1.89 bits per heavy atom. The summed E-state index contributed by atoms with van der Waals surface area (Å²) in [6.45, 7) is 4.29. The van der Waals surface area contributed by atoms with E-state index in [1.54, 1.807) is 38.4 Å². The smallest absolute Gasteiger partial charge is 0.346 e. The Morgan fingerprint density at radius 3 is 2.54 bits per heavy atom. The SMILES string of the molecule is CCCNC(=O)Nc1cnc2[nH]cc(-c3cncc(C(N)(C(=O)NCC(F)(F)F)C(C)C)c3)c2c1. The van der Waals surface area contributed by atoms with Gasteiger partial charge in [-0.05, 0) is 24.5 Å². The molecule has 0 aliphatic heterocycles. The minimum Gasteiger partial charge on any atom is -0.346 e. The van der Waals surface area contributed by atoms with Crippen molar-refractivity contribution in [3.63, 3.8) is 0 Å². The van der Waals surface area contributed by atoms with E-state index in [-0.39, 0.29) is 11.6 Å². The molecule has 0 fully saturated rings. The molecule has 1 atom stereocenters. The molecule has 3 heterocycles. The number of carbonyl (C=O) groups is 2. The lowest BCUT2D eigenvalue weighted by Gasteiger charge is -2.32. The summed E-state index contributed by atoms with van der Waals surface area (Å²) in [6.07, 6.45) is 2.35. The first-order chi connectivity index (χ1) is 16.5. The van der Waals surface area contributed by atoms with Crippen molar-refractivity contribution in [2.45, 2.75) is 38.9 Å². The Bertz CT molecular complexity index is 1210. The van der Waals surface area contributed by atoms with Gasteiger partial charge >= 0.3 is 12.2 Å². The molecule has 9 nitrogen and oxygen atoms in total. The summed E-state index contributed by atoms with van der Waals surface area (Å²) >= 11 is 0. The number of fused-ring (bicyclic) bond motifs is 1. The van der Waals surface area contributed by atoms with Gasteiger partial charge in [0.2, 0.25) is 5.91 Å². The second-order valence-electron chi connectivity index (χ2n) is 8.49. The highest BCUT2D eigenvalue weighted by Crippen LogP contribution is 2.33.